The molecule has 21 heavy (non-hydrogen) atoms. The summed E-state index contributed by atoms with van der Waals surface area (Å²) in [4.78, 5) is 2.08. The van der Waals surface area contributed by atoms with Crippen LogP contribution in [0.15, 0.2) is 36.4 Å². The van der Waals surface area contributed by atoms with E-state index >= 15 is 0 Å². The van der Waals surface area contributed by atoms with Crippen LogP contribution < -0.4 is 0 Å². The summed E-state index contributed by atoms with van der Waals surface area (Å²) in [7, 11) is -4.26. The predicted octanol–water partition coefficient (Wildman–Crippen LogP) is 2.80. The zero-order valence-corrected chi connectivity index (χ0v) is 12.5. The van der Waals surface area contributed by atoms with Crippen molar-refractivity contribution in [2.45, 2.75) is 23.8 Å². The first kappa shape index (κ1) is 16.1. The third kappa shape index (κ3) is 4.35. The lowest BCUT2D eigenvalue weighted by Gasteiger charge is -2.30. The van der Waals surface area contributed by atoms with E-state index in [4.69, 9.17) is 0 Å². The Hall–Kier alpha value is -1.27. The van der Waals surface area contributed by atoms with Crippen LogP contribution in [-0.4, -0.2) is 44.0 Å². The van der Waals surface area contributed by atoms with Crippen LogP contribution in [0.25, 0.3) is 6.08 Å². The molecule has 0 saturated carbocycles. The first-order valence-corrected chi connectivity index (χ1v) is 8.56. The van der Waals surface area contributed by atoms with Crippen molar-refractivity contribution < 1.29 is 17.2 Å². The topological polar surface area (TPSA) is 37.4 Å². The standard InChI is InChI=1S/C15H19F2NO2S/c16-15(17)21(19,20)14-8-11-18(12-9-14)10-4-7-13-5-2-1-3-6-13/h1-7,14-15H,8-12H2/b7-4+. The molecule has 1 aliphatic heterocycles. The van der Waals surface area contributed by atoms with Gasteiger partial charge in [0.15, 0.2) is 0 Å². The monoisotopic (exact) mass is 315 g/mol. The maximum absolute atomic E-state index is 12.5. The number of sulfone groups is 1. The van der Waals surface area contributed by atoms with E-state index in [1.165, 1.54) is 0 Å². The second kappa shape index (κ2) is 7.13. The molecule has 0 spiro atoms. The minimum atomic E-state index is -4.26. The molecule has 1 aliphatic rings. The Balaban J connectivity index is 1.81. The van der Waals surface area contributed by atoms with E-state index in [0.29, 0.717) is 19.6 Å². The van der Waals surface area contributed by atoms with Gasteiger partial charge >= 0.3 is 5.76 Å². The van der Waals surface area contributed by atoms with Crippen molar-refractivity contribution in [2.24, 2.45) is 0 Å². The number of halogens is 2. The van der Waals surface area contributed by atoms with E-state index in [9.17, 15) is 17.2 Å². The third-order valence-electron chi connectivity index (χ3n) is 3.72. The van der Waals surface area contributed by atoms with Gasteiger partial charge in [0.1, 0.15) is 0 Å². The highest BCUT2D eigenvalue weighted by Crippen LogP contribution is 2.22. The highest BCUT2D eigenvalue weighted by Gasteiger charge is 2.36. The molecule has 116 valence electrons. The van der Waals surface area contributed by atoms with Gasteiger partial charge in [0.25, 0.3) is 0 Å². The molecule has 0 unspecified atom stereocenters. The molecule has 6 heteroatoms. The van der Waals surface area contributed by atoms with Gasteiger partial charge in [0.05, 0.1) is 5.25 Å². The van der Waals surface area contributed by atoms with Gasteiger partial charge in [-0.15, -0.1) is 0 Å². The number of hydrogen-bond acceptors (Lipinski definition) is 3. The molecule has 1 aromatic carbocycles. The van der Waals surface area contributed by atoms with E-state index in [-0.39, 0.29) is 12.8 Å². The summed E-state index contributed by atoms with van der Waals surface area (Å²) in [6.07, 6.45) is 4.58. The van der Waals surface area contributed by atoms with Crippen LogP contribution in [0.2, 0.25) is 0 Å². The van der Waals surface area contributed by atoms with Gasteiger partial charge in [-0.05, 0) is 31.5 Å². The van der Waals surface area contributed by atoms with Crippen molar-refractivity contribution >= 4 is 15.9 Å². The zero-order chi connectivity index (χ0) is 15.3. The highest BCUT2D eigenvalue weighted by atomic mass is 32.2. The lowest BCUT2D eigenvalue weighted by atomic mass is 10.1. The summed E-state index contributed by atoms with van der Waals surface area (Å²) in [5, 5.41) is -0.896. The van der Waals surface area contributed by atoms with E-state index in [1.807, 2.05) is 42.5 Å². The zero-order valence-electron chi connectivity index (χ0n) is 11.7. The van der Waals surface area contributed by atoms with E-state index in [0.717, 1.165) is 5.56 Å². The third-order valence-corrected chi connectivity index (χ3v) is 5.62. The molecule has 0 radical (unpaired) electrons. The molecular weight excluding hydrogens is 296 g/mol. The van der Waals surface area contributed by atoms with E-state index in [1.54, 1.807) is 0 Å². The lowest BCUT2D eigenvalue weighted by Crippen LogP contribution is -2.40. The minimum absolute atomic E-state index is 0.284. The normalized spacial score (nSPS) is 18.6. The minimum Gasteiger partial charge on any atom is -0.300 e. The molecule has 0 N–H and O–H groups in total. The fourth-order valence-electron chi connectivity index (χ4n) is 2.47. The Morgan fingerprint density at radius 2 is 1.81 bits per heavy atom. The number of nitrogens with zero attached hydrogens (tertiary/aromatic N) is 1. The maximum Gasteiger partial charge on any atom is 0.337 e. The molecule has 0 amide bonds. The van der Waals surface area contributed by atoms with Crippen molar-refractivity contribution in [1.82, 2.24) is 4.90 Å². The van der Waals surface area contributed by atoms with Gasteiger partial charge < -0.3 is 0 Å². The summed E-state index contributed by atoms with van der Waals surface area (Å²) >= 11 is 0. The Morgan fingerprint density at radius 1 is 1.19 bits per heavy atom. The van der Waals surface area contributed by atoms with Gasteiger partial charge in [-0.25, -0.2) is 8.42 Å². The van der Waals surface area contributed by atoms with Crippen molar-refractivity contribution in [2.75, 3.05) is 19.6 Å². The van der Waals surface area contributed by atoms with Crippen LogP contribution >= 0.6 is 0 Å². The van der Waals surface area contributed by atoms with Crippen molar-refractivity contribution in [1.29, 1.82) is 0 Å². The molecule has 2 rings (SSSR count). The van der Waals surface area contributed by atoms with Gasteiger partial charge in [0, 0.05) is 6.54 Å². The van der Waals surface area contributed by atoms with Crippen LogP contribution in [0.5, 0.6) is 0 Å². The number of benzene rings is 1. The Morgan fingerprint density at radius 3 is 2.38 bits per heavy atom. The molecule has 0 atom stereocenters. The van der Waals surface area contributed by atoms with Crippen LogP contribution in [0.4, 0.5) is 8.78 Å². The van der Waals surface area contributed by atoms with E-state index < -0.39 is 20.8 Å². The summed E-state index contributed by atoms with van der Waals surface area (Å²) in [6, 6.07) is 9.86. The second-order valence-electron chi connectivity index (χ2n) is 5.16. The lowest BCUT2D eigenvalue weighted by molar-refractivity contribution is 0.220. The first-order valence-electron chi connectivity index (χ1n) is 6.95. The van der Waals surface area contributed by atoms with Gasteiger partial charge in [-0.3, -0.25) is 4.90 Å². The first-order chi connectivity index (χ1) is 10.00. The number of hydrogen-bond donors (Lipinski definition) is 0. The van der Waals surface area contributed by atoms with Gasteiger partial charge in [-0.1, -0.05) is 42.5 Å². The van der Waals surface area contributed by atoms with E-state index in [2.05, 4.69) is 4.90 Å². The molecule has 3 nitrogen and oxygen atoms in total. The quantitative estimate of drug-likeness (QED) is 0.838. The van der Waals surface area contributed by atoms with Gasteiger partial charge in [0.2, 0.25) is 9.84 Å². The summed E-state index contributed by atoms with van der Waals surface area (Å²) in [5.41, 5.74) is 1.10. The number of likely N-dealkylation sites (tertiary alicyclic amines) is 1. The number of alkyl halides is 2. The Labute approximate surface area is 124 Å². The fraction of sp³-hybridized carbons (Fsp3) is 0.467. The van der Waals surface area contributed by atoms with Crippen LogP contribution in [-0.2, 0) is 9.84 Å². The fourth-order valence-corrected chi connectivity index (χ4v) is 3.63. The molecule has 1 heterocycles. The van der Waals surface area contributed by atoms with Crippen LogP contribution in [0, 0.1) is 0 Å². The SMILES string of the molecule is O=S(=O)(C(F)F)C1CCN(C/C=C/c2ccccc2)CC1. The second-order valence-corrected chi connectivity index (χ2v) is 7.36. The Kier molecular flexibility index (Phi) is 5.47. The average Bonchev–Trinajstić information content (AvgIpc) is 2.49. The molecule has 0 bridgehead atoms. The smallest absolute Gasteiger partial charge is 0.300 e. The van der Waals surface area contributed by atoms with Crippen LogP contribution in [0.3, 0.4) is 0 Å². The number of rotatable bonds is 5. The maximum atomic E-state index is 12.5. The molecular formula is C15H19F2NO2S. The molecule has 0 aromatic heterocycles. The van der Waals surface area contributed by atoms with Crippen molar-refractivity contribution in [3.05, 3.63) is 42.0 Å². The summed E-state index contributed by atoms with van der Waals surface area (Å²) in [5.74, 6) is -3.26. The Bertz CT molecular complexity index is 565. The van der Waals surface area contributed by atoms with Crippen LogP contribution in [0.1, 0.15) is 18.4 Å². The highest BCUT2D eigenvalue weighted by molar-refractivity contribution is 7.92. The largest absolute Gasteiger partial charge is 0.337 e. The average molecular weight is 315 g/mol. The predicted molar refractivity (Wildman–Crippen MR) is 79.9 cm³/mol. The van der Waals surface area contributed by atoms with Crippen molar-refractivity contribution in [3.8, 4) is 0 Å². The summed E-state index contributed by atoms with van der Waals surface area (Å²) in [6.45, 7) is 1.78. The molecule has 1 fully saturated rings. The van der Waals surface area contributed by atoms with Gasteiger partial charge in [-0.2, -0.15) is 8.78 Å². The molecule has 1 saturated heterocycles. The summed E-state index contributed by atoms with van der Waals surface area (Å²) < 4.78 is 47.8. The molecule has 0 aliphatic carbocycles. The van der Waals surface area contributed by atoms with Crippen molar-refractivity contribution in [3.63, 3.8) is 0 Å². The number of piperidine rings is 1. The molecule has 1 aromatic rings.